The zero-order valence-electron chi connectivity index (χ0n) is 10.7. The van der Waals surface area contributed by atoms with Crippen LogP contribution in [0.3, 0.4) is 0 Å². The second-order valence-corrected chi connectivity index (χ2v) is 5.40. The van der Waals surface area contributed by atoms with Gasteiger partial charge in [0.25, 0.3) is 5.91 Å². The van der Waals surface area contributed by atoms with Crippen LogP contribution < -0.4 is 10.1 Å². The van der Waals surface area contributed by atoms with Crippen molar-refractivity contribution < 1.29 is 9.53 Å². The third-order valence-corrected chi connectivity index (χ3v) is 2.66. The summed E-state index contributed by atoms with van der Waals surface area (Å²) in [5.74, 6) is 0.973. The van der Waals surface area contributed by atoms with Gasteiger partial charge in [0, 0.05) is 11.0 Å². The summed E-state index contributed by atoms with van der Waals surface area (Å²) in [6.07, 6.45) is 0. The average molecular weight is 312 g/mol. The van der Waals surface area contributed by atoms with E-state index in [9.17, 15) is 4.79 Å². The van der Waals surface area contributed by atoms with Gasteiger partial charge in [-0.05, 0) is 17.5 Å². The molecule has 1 aromatic rings. The quantitative estimate of drug-likeness (QED) is 0.876. The summed E-state index contributed by atoms with van der Waals surface area (Å²) < 4.78 is 6.27. The van der Waals surface area contributed by atoms with E-state index in [-0.39, 0.29) is 12.5 Å². The van der Waals surface area contributed by atoms with Gasteiger partial charge in [-0.15, -0.1) is 0 Å². The summed E-state index contributed by atoms with van der Waals surface area (Å²) >= 11 is 3.18. The molecule has 98 valence electrons. The van der Waals surface area contributed by atoms with Crippen LogP contribution in [0.25, 0.3) is 0 Å². The molecule has 1 rings (SSSR count). The molecule has 0 unspecified atom stereocenters. The van der Waals surface area contributed by atoms with Crippen LogP contribution in [-0.2, 0) is 4.79 Å². The predicted octanol–water partition coefficient (Wildman–Crippen LogP) is 3.21. The lowest BCUT2D eigenvalue weighted by molar-refractivity contribution is -0.122. The summed E-state index contributed by atoms with van der Waals surface area (Å²) in [4.78, 5) is 11.5. The Balaban J connectivity index is 2.53. The van der Waals surface area contributed by atoms with E-state index in [4.69, 9.17) is 4.74 Å². The molecule has 4 heteroatoms. The number of carbonyl (C=O) groups excluding carboxylic acids is 1. The predicted molar refractivity (Wildman–Crippen MR) is 77.1 cm³/mol. The van der Waals surface area contributed by atoms with Crippen molar-refractivity contribution in [1.29, 1.82) is 0 Å². The molecule has 1 amide bonds. The van der Waals surface area contributed by atoms with Crippen LogP contribution in [0.1, 0.15) is 25.3 Å². The average Bonchev–Trinajstić information content (AvgIpc) is 2.34. The van der Waals surface area contributed by atoms with Crippen molar-refractivity contribution in [2.24, 2.45) is 0 Å². The highest BCUT2D eigenvalue weighted by molar-refractivity contribution is 9.11. The van der Waals surface area contributed by atoms with Crippen molar-refractivity contribution >= 4 is 21.8 Å². The first kappa shape index (κ1) is 14.8. The van der Waals surface area contributed by atoms with Gasteiger partial charge < -0.3 is 10.1 Å². The molecule has 0 saturated carbocycles. The zero-order valence-corrected chi connectivity index (χ0v) is 12.3. The third kappa shape index (κ3) is 4.92. The van der Waals surface area contributed by atoms with Crippen LogP contribution in [0.4, 0.5) is 0 Å². The van der Waals surface area contributed by atoms with E-state index in [0.717, 1.165) is 15.8 Å². The molecule has 1 N–H and O–H groups in total. The number of hydrogen-bond acceptors (Lipinski definition) is 2. The highest BCUT2D eigenvalue weighted by atomic mass is 79.9. The van der Waals surface area contributed by atoms with Gasteiger partial charge >= 0.3 is 0 Å². The number of nitrogens with one attached hydrogen (secondary N) is 1. The lowest BCUT2D eigenvalue weighted by atomic mass is 10.0. The normalized spacial score (nSPS) is 10.2. The van der Waals surface area contributed by atoms with E-state index in [1.165, 1.54) is 0 Å². The molecule has 18 heavy (non-hydrogen) atoms. The molecule has 0 aliphatic carbocycles. The molecule has 0 saturated heterocycles. The molecule has 0 fully saturated rings. The second-order valence-electron chi connectivity index (χ2n) is 4.28. The molecule has 0 aromatic heterocycles. The first-order valence-corrected chi connectivity index (χ1v) is 6.61. The minimum atomic E-state index is -0.158. The molecular weight excluding hydrogens is 294 g/mol. The minimum absolute atomic E-state index is 0.0179. The Labute approximate surface area is 116 Å². The molecule has 0 spiro atoms. The smallest absolute Gasteiger partial charge is 0.258 e. The maximum absolute atomic E-state index is 11.5. The van der Waals surface area contributed by atoms with Crippen molar-refractivity contribution in [3.05, 3.63) is 40.9 Å². The van der Waals surface area contributed by atoms with E-state index < -0.39 is 0 Å². The van der Waals surface area contributed by atoms with E-state index in [1.807, 2.05) is 24.3 Å². The van der Waals surface area contributed by atoms with Crippen LogP contribution in [0, 0.1) is 0 Å². The fraction of sp³-hybridized carbons (Fsp3) is 0.357. The van der Waals surface area contributed by atoms with Crippen molar-refractivity contribution in [2.45, 2.75) is 19.8 Å². The molecule has 0 aliphatic rings. The fourth-order valence-electron chi connectivity index (χ4n) is 1.48. The molecule has 0 heterocycles. The SMILES string of the molecule is C=C(Br)CNC(=O)COc1ccccc1C(C)C. The fourth-order valence-corrected chi connectivity index (χ4v) is 1.62. The van der Waals surface area contributed by atoms with E-state index in [0.29, 0.717) is 12.5 Å². The number of rotatable bonds is 6. The van der Waals surface area contributed by atoms with Gasteiger partial charge in [-0.2, -0.15) is 0 Å². The van der Waals surface area contributed by atoms with Crippen LogP contribution in [0.15, 0.2) is 35.3 Å². The number of ether oxygens (including phenoxy) is 1. The lowest BCUT2D eigenvalue weighted by Gasteiger charge is -2.13. The number of halogens is 1. The van der Waals surface area contributed by atoms with Crippen LogP contribution in [0.2, 0.25) is 0 Å². The Morgan fingerprint density at radius 3 is 2.72 bits per heavy atom. The molecule has 0 aliphatic heterocycles. The molecular formula is C14H18BrNO2. The number of carbonyl (C=O) groups is 1. The van der Waals surface area contributed by atoms with Gasteiger partial charge in [-0.1, -0.05) is 54.6 Å². The monoisotopic (exact) mass is 311 g/mol. The molecule has 0 radical (unpaired) electrons. The summed E-state index contributed by atoms with van der Waals surface area (Å²) in [6.45, 7) is 8.26. The maximum atomic E-state index is 11.5. The van der Waals surface area contributed by atoms with Gasteiger partial charge in [0.2, 0.25) is 0 Å². The third-order valence-electron chi connectivity index (χ3n) is 2.38. The lowest BCUT2D eigenvalue weighted by Crippen LogP contribution is -2.29. The summed E-state index contributed by atoms with van der Waals surface area (Å²) in [5.41, 5.74) is 1.11. The summed E-state index contributed by atoms with van der Waals surface area (Å²) in [7, 11) is 0. The Bertz CT molecular complexity index is 430. The van der Waals surface area contributed by atoms with E-state index >= 15 is 0 Å². The van der Waals surface area contributed by atoms with E-state index in [2.05, 4.69) is 41.7 Å². The zero-order chi connectivity index (χ0) is 13.5. The Morgan fingerprint density at radius 2 is 2.11 bits per heavy atom. The Hall–Kier alpha value is -1.29. The van der Waals surface area contributed by atoms with Crippen LogP contribution >= 0.6 is 15.9 Å². The first-order chi connectivity index (χ1) is 8.50. The van der Waals surface area contributed by atoms with Gasteiger partial charge in [0.15, 0.2) is 6.61 Å². The number of para-hydroxylation sites is 1. The van der Waals surface area contributed by atoms with Gasteiger partial charge in [0.1, 0.15) is 5.75 Å². The highest BCUT2D eigenvalue weighted by Crippen LogP contribution is 2.25. The van der Waals surface area contributed by atoms with Crippen molar-refractivity contribution in [2.75, 3.05) is 13.2 Å². The largest absolute Gasteiger partial charge is 0.483 e. The Morgan fingerprint density at radius 1 is 1.44 bits per heavy atom. The van der Waals surface area contributed by atoms with Crippen LogP contribution in [0.5, 0.6) is 5.75 Å². The van der Waals surface area contributed by atoms with Gasteiger partial charge in [-0.25, -0.2) is 0 Å². The first-order valence-electron chi connectivity index (χ1n) is 5.82. The molecule has 0 bridgehead atoms. The van der Waals surface area contributed by atoms with Gasteiger partial charge in [0.05, 0.1) is 0 Å². The molecule has 1 aromatic carbocycles. The van der Waals surface area contributed by atoms with Gasteiger partial charge in [-0.3, -0.25) is 4.79 Å². The standard InChI is InChI=1S/C14H18BrNO2/c1-10(2)12-6-4-5-7-13(12)18-9-14(17)16-8-11(3)15/h4-7,10H,3,8-9H2,1-2H3,(H,16,17). The number of hydrogen-bond donors (Lipinski definition) is 1. The minimum Gasteiger partial charge on any atom is -0.483 e. The number of amides is 1. The topological polar surface area (TPSA) is 38.3 Å². The Kier molecular flexibility index (Phi) is 5.92. The molecule has 3 nitrogen and oxygen atoms in total. The maximum Gasteiger partial charge on any atom is 0.258 e. The second kappa shape index (κ2) is 7.21. The summed E-state index contributed by atoms with van der Waals surface area (Å²) in [5, 5.41) is 2.69. The van der Waals surface area contributed by atoms with E-state index in [1.54, 1.807) is 0 Å². The van der Waals surface area contributed by atoms with Crippen molar-refractivity contribution in [1.82, 2.24) is 5.32 Å². The van der Waals surface area contributed by atoms with Crippen molar-refractivity contribution in [3.63, 3.8) is 0 Å². The van der Waals surface area contributed by atoms with Crippen molar-refractivity contribution in [3.8, 4) is 5.75 Å². The highest BCUT2D eigenvalue weighted by Gasteiger charge is 2.08. The molecule has 0 atom stereocenters. The van der Waals surface area contributed by atoms with Crippen LogP contribution in [-0.4, -0.2) is 19.1 Å². The number of benzene rings is 1. The summed E-state index contributed by atoms with van der Waals surface area (Å²) in [6, 6.07) is 7.76.